The first-order valence-electron chi connectivity index (χ1n) is 11.0. The summed E-state index contributed by atoms with van der Waals surface area (Å²) in [6, 6.07) is 0. The lowest BCUT2D eigenvalue weighted by atomic mass is 10.0. The quantitative estimate of drug-likeness (QED) is 0.137. The summed E-state index contributed by atoms with van der Waals surface area (Å²) in [6.07, 6.45) is 13.5. The summed E-state index contributed by atoms with van der Waals surface area (Å²) < 4.78 is 15.4. The van der Waals surface area contributed by atoms with E-state index in [1.807, 2.05) is 6.92 Å². The molecule has 6 heteroatoms. The molecule has 0 aliphatic carbocycles. The van der Waals surface area contributed by atoms with Crippen molar-refractivity contribution in [2.24, 2.45) is 5.92 Å². The monoisotopic (exact) mass is 464 g/mol. The van der Waals surface area contributed by atoms with Crippen molar-refractivity contribution in [1.82, 2.24) is 0 Å². The smallest absolute Gasteiger partial charge is 0.319 e. The van der Waals surface area contributed by atoms with Crippen LogP contribution in [0.2, 0.25) is 0 Å². The third-order valence-corrected chi connectivity index (χ3v) is 5.59. The summed E-state index contributed by atoms with van der Waals surface area (Å²) in [6.45, 7) is 5.22. The largest absolute Gasteiger partial charge is 0.465 e. The van der Waals surface area contributed by atoms with Gasteiger partial charge in [0.25, 0.3) is 0 Å². The molecule has 0 aliphatic rings. The van der Waals surface area contributed by atoms with Crippen LogP contribution in [0.3, 0.4) is 0 Å². The van der Waals surface area contributed by atoms with Crippen LogP contribution in [0.15, 0.2) is 0 Å². The van der Waals surface area contributed by atoms with E-state index < -0.39 is 4.83 Å². The summed E-state index contributed by atoms with van der Waals surface area (Å²) in [7, 11) is 1.56. The molecule has 0 saturated carbocycles. The van der Waals surface area contributed by atoms with Crippen molar-refractivity contribution < 1.29 is 23.8 Å². The normalized spacial score (nSPS) is 13.1. The highest BCUT2D eigenvalue weighted by Gasteiger charge is 2.26. The second-order valence-electron chi connectivity index (χ2n) is 7.32. The van der Waals surface area contributed by atoms with E-state index in [-0.39, 0.29) is 24.5 Å². The first-order valence-corrected chi connectivity index (χ1v) is 11.9. The SMILES string of the molecule is CCCCCCCCCCCCOC(=O)C(Br)CC(CC)C(=O)OCCOC. The average Bonchev–Trinajstić information content (AvgIpc) is 2.69. The standard InChI is InChI=1S/C22H41BrO5/c1-4-6-7-8-9-10-11-12-13-14-15-27-22(25)20(23)18-19(5-2)21(24)28-17-16-26-3/h19-20H,4-18H2,1-3H3. The van der Waals surface area contributed by atoms with E-state index in [0.29, 0.717) is 26.1 Å². The lowest BCUT2D eigenvalue weighted by Crippen LogP contribution is -2.26. The zero-order chi connectivity index (χ0) is 21.0. The second-order valence-corrected chi connectivity index (χ2v) is 8.42. The molecular formula is C22H41BrO5. The maximum atomic E-state index is 12.1. The summed E-state index contributed by atoms with van der Waals surface area (Å²) >= 11 is 3.36. The summed E-state index contributed by atoms with van der Waals surface area (Å²) in [5.41, 5.74) is 0. The molecule has 0 bridgehead atoms. The number of ether oxygens (including phenoxy) is 3. The molecule has 0 N–H and O–H groups in total. The first kappa shape index (κ1) is 27.4. The van der Waals surface area contributed by atoms with Gasteiger partial charge in [-0.2, -0.15) is 0 Å². The van der Waals surface area contributed by atoms with Gasteiger partial charge in [0.2, 0.25) is 0 Å². The van der Waals surface area contributed by atoms with Gasteiger partial charge in [-0.05, 0) is 19.3 Å². The third kappa shape index (κ3) is 15.3. The maximum absolute atomic E-state index is 12.1. The molecule has 0 fully saturated rings. The predicted octanol–water partition coefficient (Wildman–Crippen LogP) is 5.82. The number of carbonyl (C=O) groups is 2. The molecule has 0 aromatic carbocycles. The topological polar surface area (TPSA) is 61.8 Å². The van der Waals surface area contributed by atoms with Crippen LogP contribution < -0.4 is 0 Å². The van der Waals surface area contributed by atoms with Crippen molar-refractivity contribution in [2.75, 3.05) is 26.9 Å². The van der Waals surface area contributed by atoms with Crippen molar-refractivity contribution >= 4 is 27.9 Å². The average molecular weight is 465 g/mol. The van der Waals surface area contributed by atoms with Gasteiger partial charge < -0.3 is 14.2 Å². The molecule has 28 heavy (non-hydrogen) atoms. The van der Waals surface area contributed by atoms with Gasteiger partial charge >= 0.3 is 11.9 Å². The molecule has 0 aromatic rings. The molecule has 0 aromatic heterocycles. The molecule has 0 heterocycles. The zero-order valence-electron chi connectivity index (χ0n) is 18.2. The highest BCUT2D eigenvalue weighted by atomic mass is 79.9. The van der Waals surface area contributed by atoms with Gasteiger partial charge in [0, 0.05) is 7.11 Å². The van der Waals surface area contributed by atoms with E-state index in [1.165, 1.54) is 51.4 Å². The molecule has 5 nitrogen and oxygen atoms in total. The van der Waals surface area contributed by atoms with Crippen LogP contribution in [0.5, 0.6) is 0 Å². The number of hydrogen-bond donors (Lipinski definition) is 0. The van der Waals surface area contributed by atoms with E-state index >= 15 is 0 Å². The van der Waals surface area contributed by atoms with Crippen molar-refractivity contribution in [2.45, 2.75) is 95.7 Å². The lowest BCUT2D eigenvalue weighted by molar-refractivity contribution is -0.150. The van der Waals surface area contributed by atoms with Crippen LogP contribution in [0, 0.1) is 5.92 Å². The number of esters is 2. The van der Waals surface area contributed by atoms with Crippen molar-refractivity contribution in [3.8, 4) is 0 Å². The molecule has 0 amide bonds. The number of alkyl halides is 1. The van der Waals surface area contributed by atoms with Gasteiger partial charge in [0.15, 0.2) is 0 Å². The van der Waals surface area contributed by atoms with Crippen LogP contribution in [0.1, 0.15) is 90.9 Å². The van der Waals surface area contributed by atoms with Crippen molar-refractivity contribution in [3.05, 3.63) is 0 Å². The molecule has 166 valence electrons. The summed E-state index contributed by atoms with van der Waals surface area (Å²) in [5.74, 6) is -0.892. The highest BCUT2D eigenvalue weighted by Crippen LogP contribution is 2.20. The van der Waals surface area contributed by atoms with Gasteiger partial charge in [0.05, 0.1) is 19.1 Å². The predicted molar refractivity (Wildman–Crippen MR) is 117 cm³/mol. The zero-order valence-corrected chi connectivity index (χ0v) is 19.8. The summed E-state index contributed by atoms with van der Waals surface area (Å²) in [5, 5.41) is 0. The number of unbranched alkanes of at least 4 members (excludes halogenated alkanes) is 9. The second kappa shape index (κ2) is 19.7. The molecule has 0 aliphatic heterocycles. The van der Waals surface area contributed by atoms with Gasteiger partial charge in [0.1, 0.15) is 11.4 Å². The number of halogens is 1. The van der Waals surface area contributed by atoms with Crippen LogP contribution in [-0.2, 0) is 23.8 Å². The number of hydrogen-bond acceptors (Lipinski definition) is 5. The van der Waals surface area contributed by atoms with Gasteiger partial charge in [-0.1, -0.05) is 87.6 Å². The number of carbonyl (C=O) groups excluding carboxylic acids is 2. The molecule has 0 radical (unpaired) electrons. The van der Waals surface area contributed by atoms with Crippen LogP contribution in [0.25, 0.3) is 0 Å². The lowest BCUT2D eigenvalue weighted by Gasteiger charge is -2.17. The van der Waals surface area contributed by atoms with E-state index in [4.69, 9.17) is 14.2 Å². The fourth-order valence-corrected chi connectivity index (χ4v) is 3.56. The fourth-order valence-electron chi connectivity index (χ4n) is 2.97. The van der Waals surface area contributed by atoms with E-state index in [9.17, 15) is 9.59 Å². The minimum absolute atomic E-state index is 0.238. The van der Waals surface area contributed by atoms with Crippen molar-refractivity contribution in [3.63, 3.8) is 0 Å². The van der Waals surface area contributed by atoms with Crippen LogP contribution >= 0.6 is 15.9 Å². The Balaban J connectivity index is 3.75. The molecular weight excluding hydrogens is 424 g/mol. The maximum Gasteiger partial charge on any atom is 0.319 e. The molecule has 2 atom stereocenters. The fraction of sp³-hybridized carbons (Fsp3) is 0.909. The van der Waals surface area contributed by atoms with E-state index in [2.05, 4.69) is 22.9 Å². The minimum atomic E-state index is -0.476. The number of rotatable bonds is 19. The molecule has 0 rings (SSSR count). The highest BCUT2D eigenvalue weighted by molar-refractivity contribution is 9.10. The molecule has 2 unspecified atom stereocenters. The Morgan fingerprint density at radius 1 is 0.750 bits per heavy atom. The van der Waals surface area contributed by atoms with Gasteiger partial charge in [-0.3, -0.25) is 9.59 Å². The van der Waals surface area contributed by atoms with E-state index in [1.54, 1.807) is 7.11 Å². The Kier molecular flexibility index (Phi) is 19.2. The van der Waals surface area contributed by atoms with Crippen molar-refractivity contribution in [1.29, 1.82) is 0 Å². The third-order valence-electron chi connectivity index (χ3n) is 4.85. The summed E-state index contributed by atoms with van der Waals surface area (Å²) in [4.78, 5) is 23.6. The first-order chi connectivity index (χ1) is 13.6. The Morgan fingerprint density at radius 2 is 1.29 bits per heavy atom. The minimum Gasteiger partial charge on any atom is -0.465 e. The van der Waals surface area contributed by atoms with Gasteiger partial charge in [-0.15, -0.1) is 0 Å². The molecule has 0 spiro atoms. The Bertz CT molecular complexity index is 389. The van der Waals surface area contributed by atoms with E-state index in [0.717, 1.165) is 12.8 Å². The molecule has 0 saturated heterocycles. The Labute approximate surface area is 180 Å². The van der Waals surface area contributed by atoms with Gasteiger partial charge in [-0.25, -0.2) is 0 Å². The van der Waals surface area contributed by atoms with Crippen LogP contribution in [0.4, 0.5) is 0 Å². The van der Waals surface area contributed by atoms with Crippen LogP contribution in [-0.4, -0.2) is 43.7 Å². The Hall–Kier alpha value is -0.620. The Morgan fingerprint density at radius 3 is 1.82 bits per heavy atom. The number of methoxy groups -OCH3 is 1.